The van der Waals surface area contributed by atoms with Crippen molar-refractivity contribution < 1.29 is 14.6 Å². The van der Waals surface area contributed by atoms with E-state index in [2.05, 4.69) is 6.92 Å². The Bertz CT molecular complexity index is 836. The topological polar surface area (TPSA) is 46.5 Å². The van der Waals surface area contributed by atoms with Gasteiger partial charge in [-0.1, -0.05) is 82.2 Å². The highest BCUT2D eigenvalue weighted by atomic mass is 16.5. The monoisotopic (exact) mass is 422 g/mol. The van der Waals surface area contributed by atoms with Crippen molar-refractivity contribution in [2.75, 3.05) is 6.61 Å². The number of hydrogen-bond donors (Lipinski definition) is 1. The maximum atomic E-state index is 11.8. The maximum Gasteiger partial charge on any atom is 0.336 e. The van der Waals surface area contributed by atoms with Gasteiger partial charge in [-0.2, -0.15) is 0 Å². The van der Waals surface area contributed by atoms with Crippen molar-refractivity contribution in [2.24, 2.45) is 11.8 Å². The second-order valence-electron chi connectivity index (χ2n) is 9.26. The molecule has 0 amide bonds. The zero-order valence-electron chi connectivity index (χ0n) is 19.2. The maximum absolute atomic E-state index is 11.8. The molecule has 1 aliphatic carbocycles. The number of aromatic carboxylic acids is 1. The Balaban J connectivity index is 1.66. The average Bonchev–Trinajstić information content (AvgIpc) is 2.78. The highest BCUT2D eigenvalue weighted by Crippen LogP contribution is 2.32. The first kappa shape index (κ1) is 23.5. The van der Waals surface area contributed by atoms with E-state index in [0.29, 0.717) is 18.1 Å². The fourth-order valence-electron chi connectivity index (χ4n) is 4.97. The van der Waals surface area contributed by atoms with Crippen LogP contribution < -0.4 is 0 Å². The van der Waals surface area contributed by atoms with Gasteiger partial charge in [0.2, 0.25) is 0 Å². The fraction of sp³-hybridized carbons (Fsp3) is 0.536. The van der Waals surface area contributed by atoms with Gasteiger partial charge in [-0.3, -0.25) is 0 Å². The summed E-state index contributed by atoms with van der Waals surface area (Å²) >= 11 is 0. The largest absolute Gasteiger partial charge is 0.478 e. The summed E-state index contributed by atoms with van der Waals surface area (Å²) in [6, 6.07) is 13.6. The molecule has 1 unspecified atom stereocenters. The van der Waals surface area contributed by atoms with Gasteiger partial charge >= 0.3 is 5.97 Å². The highest BCUT2D eigenvalue weighted by molar-refractivity contribution is 5.96. The summed E-state index contributed by atoms with van der Waals surface area (Å²) in [6.07, 6.45) is 12.0. The predicted molar refractivity (Wildman–Crippen MR) is 127 cm³/mol. The second-order valence-corrected chi connectivity index (χ2v) is 9.26. The molecule has 0 saturated heterocycles. The highest BCUT2D eigenvalue weighted by Gasteiger charge is 2.19. The number of benzene rings is 2. The molecule has 2 aromatic carbocycles. The molecule has 1 atom stereocenters. The van der Waals surface area contributed by atoms with Crippen LogP contribution in [0.25, 0.3) is 11.1 Å². The van der Waals surface area contributed by atoms with Crippen molar-refractivity contribution in [2.45, 2.75) is 78.2 Å². The van der Waals surface area contributed by atoms with Crippen molar-refractivity contribution in [3.05, 3.63) is 59.2 Å². The van der Waals surface area contributed by atoms with Crippen LogP contribution in [0.1, 0.15) is 86.2 Å². The van der Waals surface area contributed by atoms with Crippen molar-refractivity contribution in [1.82, 2.24) is 0 Å². The van der Waals surface area contributed by atoms with E-state index in [1.54, 1.807) is 6.07 Å². The van der Waals surface area contributed by atoms with Gasteiger partial charge in [-0.05, 0) is 66.0 Å². The third-order valence-corrected chi connectivity index (χ3v) is 6.73. The number of carbonyl (C=O) groups is 1. The van der Waals surface area contributed by atoms with Crippen LogP contribution in [0.3, 0.4) is 0 Å². The first-order valence-electron chi connectivity index (χ1n) is 12.1. The first-order chi connectivity index (χ1) is 15.1. The van der Waals surface area contributed by atoms with E-state index in [1.165, 1.54) is 57.8 Å². The summed E-state index contributed by atoms with van der Waals surface area (Å²) in [4.78, 5) is 11.8. The molecule has 0 radical (unpaired) electrons. The van der Waals surface area contributed by atoms with Gasteiger partial charge in [0.05, 0.1) is 12.2 Å². The lowest BCUT2D eigenvalue weighted by Crippen LogP contribution is -2.17. The molecule has 3 rings (SSSR count). The third kappa shape index (κ3) is 6.93. The van der Waals surface area contributed by atoms with E-state index < -0.39 is 5.97 Å². The minimum Gasteiger partial charge on any atom is -0.478 e. The van der Waals surface area contributed by atoms with Crippen LogP contribution in [-0.4, -0.2) is 17.7 Å². The molecule has 3 heteroatoms. The van der Waals surface area contributed by atoms with Crippen LogP contribution in [0.2, 0.25) is 0 Å². The first-order valence-corrected chi connectivity index (χ1v) is 12.1. The number of carboxylic acids is 1. The molecule has 0 spiro atoms. The average molecular weight is 423 g/mol. The van der Waals surface area contributed by atoms with Gasteiger partial charge in [-0.25, -0.2) is 4.79 Å². The molecule has 2 aromatic rings. The summed E-state index contributed by atoms with van der Waals surface area (Å²) < 4.78 is 6.19. The minimum atomic E-state index is -0.891. The number of hydrogen-bond acceptors (Lipinski definition) is 2. The van der Waals surface area contributed by atoms with Gasteiger partial charge in [0.25, 0.3) is 0 Å². The zero-order chi connectivity index (χ0) is 22.1. The lowest BCUT2D eigenvalue weighted by atomic mass is 9.81. The zero-order valence-corrected chi connectivity index (χ0v) is 19.2. The molecule has 0 heterocycles. The molecule has 168 valence electrons. The van der Waals surface area contributed by atoms with Crippen LogP contribution in [0.5, 0.6) is 0 Å². The number of aryl methyl sites for hydroxylation is 1. The molecule has 1 aliphatic rings. The SMILES string of the molecule is CCCCC(COCc1ccc(C(=O)O)c(-c2ccccc2C)c1)CC1CCCCC1. The van der Waals surface area contributed by atoms with Crippen molar-refractivity contribution in [1.29, 1.82) is 0 Å². The standard InChI is InChI=1S/C28H38O3/c1-3-4-11-23(17-22-12-6-5-7-13-22)19-31-20-24-15-16-26(28(29)30)27(18-24)25-14-9-8-10-21(25)2/h8-10,14-16,18,22-23H,3-7,11-13,17,19-20H2,1-2H3,(H,29,30). The predicted octanol–water partition coefficient (Wildman–Crippen LogP) is 7.65. The van der Waals surface area contributed by atoms with Crippen molar-refractivity contribution >= 4 is 5.97 Å². The van der Waals surface area contributed by atoms with E-state index in [1.807, 2.05) is 43.3 Å². The molecular formula is C28H38O3. The van der Waals surface area contributed by atoms with E-state index in [4.69, 9.17) is 4.74 Å². The Labute approximate surface area is 187 Å². The Hall–Kier alpha value is -2.13. The molecule has 3 nitrogen and oxygen atoms in total. The van der Waals surface area contributed by atoms with Crippen LogP contribution in [0.4, 0.5) is 0 Å². The second kappa shape index (κ2) is 12.0. The lowest BCUT2D eigenvalue weighted by molar-refractivity contribution is 0.0693. The van der Waals surface area contributed by atoms with E-state index in [-0.39, 0.29) is 0 Å². The molecule has 0 aliphatic heterocycles. The van der Waals surface area contributed by atoms with Crippen molar-refractivity contribution in [3.63, 3.8) is 0 Å². The van der Waals surface area contributed by atoms with Crippen LogP contribution in [-0.2, 0) is 11.3 Å². The molecule has 0 aromatic heterocycles. The Morgan fingerprint density at radius 3 is 2.58 bits per heavy atom. The van der Waals surface area contributed by atoms with Gasteiger partial charge < -0.3 is 9.84 Å². The summed E-state index contributed by atoms with van der Waals surface area (Å²) in [5.74, 6) is 0.622. The van der Waals surface area contributed by atoms with Gasteiger partial charge in [0, 0.05) is 6.61 Å². The summed E-state index contributed by atoms with van der Waals surface area (Å²) in [5, 5.41) is 9.66. The van der Waals surface area contributed by atoms with Crippen LogP contribution in [0, 0.1) is 18.8 Å². The quantitative estimate of drug-likeness (QED) is 0.404. The number of rotatable bonds is 11. The van der Waals surface area contributed by atoms with Gasteiger partial charge in [0.1, 0.15) is 0 Å². The number of ether oxygens (including phenoxy) is 1. The van der Waals surface area contributed by atoms with Crippen molar-refractivity contribution in [3.8, 4) is 11.1 Å². The van der Waals surface area contributed by atoms with E-state index in [9.17, 15) is 9.90 Å². The Kier molecular flexibility index (Phi) is 9.14. The molecule has 1 N–H and O–H groups in total. The Morgan fingerprint density at radius 1 is 1.10 bits per heavy atom. The lowest BCUT2D eigenvalue weighted by Gasteiger charge is -2.26. The smallest absolute Gasteiger partial charge is 0.336 e. The normalized spacial score (nSPS) is 15.7. The molecule has 1 fully saturated rings. The minimum absolute atomic E-state index is 0.344. The summed E-state index contributed by atoms with van der Waals surface area (Å²) in [5.41, 5.74) is 4.21. The van der Waals surface area contributed by atoms with Gasteiger partial charge in [0.15, 0.2) is 0 Å². The van der Waals surface area contributed by atoms with E-state index >= 15 is 0 Å². The van der Waals surface area contributed by atoms with Crippen LogP contribution in [0.15, 0.2) is 42.5 Å². The molecular weight excluding hydrogens is 384 g/mol. The number of carboxylic acid groups (broad SMARTS) is 1. The third-order valence-electron chi connectivity index (χ3n) is 6.73. The fourth-order valence-corrected chi connectivity index (χ4v) is 4.97. The van der Waals surface area contributed by atoms with E-state index in [0.717, 1.165) is 34.8 Å². The summed E-state index contributed by atoms with van der Waals surface area (Å²) in [6.45, 7) is 5.62. The summed E-state index contributed by atoms with van der Waals surface area (Å²) in [7, 11) is 0. The van der Waals surface area contributed by atoms with Gasteiger partial charge in [-0.15, -0.1) is 0 Å². The Morgan fingerprint density at radius 2 is 1.87 bits per heavy atom. The molecule has 0 bridgehead atoms. The number of unbranched alkanes of at least 4 members (excludes halogenated alkanes) is 1. The van der Waals surface area contributed by atoms with Crippen LogP contribution >= 0.6 is 0 Å². The molecule has 1 saturated carbocycles. The molecule has 31 heavy (non-hydrogen) atoms.